The van der Waals surface area contributed by atoms with Crippen LogP contribution in [0.15, 0.2) is 60.7 Å². The molecule has 28 heavy (non-hydrogen) atoms. The molecule has 0 N–H and O–H groups in total. The van der Waals surface area contributed by atoms with Crippen LogP contribution < -0.4 is 0 Å². The maximum Gasteiger partial charge on any atom is 0.0943 e. The first kappa shape index (κ1) is 18.4. The fraction of sp³-hybridized carbons (Fsp3) is 0.520. The van der Waals surface area contributed by atoms with Crippen molar-refractivity contribution in [2.75, 3.05) is 32.7 Å². The molecule has 3 nitrogen and oxygen atoms in total. The van der Waals surface area contributed by atoms with Crippen molar-refractivity contribution in [1.82, 2.24) is 9.80 Å². The fourth-order valence-corrected chi connectivity index (χ4v) is 5.27. The van der Waals surface area contributed by atoms with Crippen LogP contribution in [0.1, 0.15) is 36.8 Å². The number of morpholine rings is 1. The number of rotatable bonds is 5. The predicted molar refractivity (Wildman–Crippen MR) is 113 cm³/mol. The van der Waals surface area contributed by atoms with E-state index >= 15 is 0 Å². The lowest BCUT2D eigenvalue weighted by Gasteiger charge is -2.51. The third kappa shape index (κ3) is 4.17. The second-order valence-electron chi connectivity index (χ2n) is 9.21. The van der Waals surface area contributed by atoms with E-state index in [1.165, 1.54) is 43.4 Å². The highest BCUT2D eigenvalue weighted by Crippen LogP contribution is 2.48. The maximum atomic E-state index is 6.88. The van der Waals surface area contributed by atoms with Gasteiger partial charge >= 0.3 is 0 Å². The van der Waals surface area contributed by atoms with Gasteiger partial charge in [0.05, 0.1) is 11.2 Å². The minimum atomic E-state index is 0.0263. The Hall–Kier alpha value is -1.68. The maximum absolute atomic E-state index is 6.88. The molecule has 2 aliphatic heterocycles. The lowest BCUT2D eigenvalue weighted by molar-refractivity contribution is -0.192. The van der Waals surface area contributed by atoms with Crippen LogP contribution in [0.5, 0.6) is 0 Å². The van der Waals surface area contributed by atoms with Gasteiger partial charge in [-0.2, -0.15) is 0 Å². The van der Waals surface area contributed by atoms with Gasteiger partial charge in [0, 0.05) is 32.7 Å². The number of likely N-dealkylation sites (tertiary alicyclic amines) is 1. The number of nitrogens with zero attached hydrogens (tertiary/aromatic N) is 2. The van der Waals surface area contributed by atoms with E-state index in [2.05, 4.69) is 70.5 Å². The molecule has 0 radical (unpaired) electrons. The van der Waals surface area contributed by atoms with Gasteiger partial charge in [-0.25, -0.2) is 0 Å². The summed E-state index contributed by atoms with van der Waals surface area (Å²) in [5, 5.41) is 0. The second-order valence-corrected chi connectivity index (χ2v) is 9.21. The Morgan fingerprint density at radius 3 is 2.07 bits per heavy atom. The van der Waals surface area contributed by atoms with Gasteiger partial charge in [0.25, 0.3) is 0 Å². The number of hydrogen-bond donors (Lipinski definition) is 0. The number of ether oxygens (including phenoxy) is 1. The van der Waals surface area contributed by atoms with Crippen molar-refractivity contribution >= 4 is 0 Å². The monoisotopic (exact) mass is 376 g/mol. The minimum absolute atomic E-state index is 0.0263. The van der Waals surface area contributed by atoms with Gasteiger partial charge in [-0.05, 0) is 49.8 Å². The quantitative estimate of drug-likeness (QED) is 0.780. The zero-order chi connectivity index (χ0) is 18.9. The average Bonchev–Trinajstić information content (AvgIpc) is 3.45. The molecule has 2 aromatic carbocycles. The third-order valence-electron chi connectivity index (χ3n) is 6.69. The highest BCUT2D eigenvalue weighted by Gasteiger charge is 2.56. The SMILES string of the molecule is c1ccc(CCN2CCCC3(C2)CN(Cc2ccccc2)CC2(CC2)O3)cc1. The van der Waals surface area contributed by atoms with E-state index in [0.717, 1.165) is 39.1 Å². The van der Waals surface area contributed by atoms with Crippen molar-refractivity contribution in [1.29, 1.82) is 0 Å². The zero-order valence-corrected chi connectivity index (χ0v) is 16.9. The van der Waals surface area contributed by atoms with Crippen LogP contribution in [0.25, 0.3) is 0 Å². The normalized spacial score (nSPS) is 27.3. The molecule has 5 rings (SSSR count). The van der Waals surface area contributed by atoms with Gasteiger partial charge in [-0.1, -0.05) is 60.7 Å². The molecule has 1 saturated carbocycles. The van der Waals surface area contributed by atoms with Gasteiger partial charge in [-0.15, -0.1) is 0 Å². The first-order valence-corrected chi connectivity index (χ1v) is 11.0. The Kier molecular flexibility index (Phi) is 5.00. The third-order valence-corrected chi connectivity index (χ3v) is 6.69. The molecule has 3 heteroatoms. The molecule has 1 aliphatic carbocycles. The molecule has 0 aromatic heterocycles. The van der Waals surface area contributed by atoms with Crippen molar-refractivity contribution in [2.24, 2.45) is 0 Å². The summed E-state index contributed by atoms with van der Waals surface area (Å²) < 4.78 is 6.88. The minimum Gasteiger partial charge on any atom is -0.365 e. The predicted octanol–water partition coefficient (Wildman–Crippen LogP) is 4.13. The number of piperidine rings is 1. The summed E-state index contributed by atoms with van der Waals surface area (Å²) in [6.45, 7) is 6.67. The lowest BCUT2D eigenvalue weighted by Crippen LogP contribution is -2.62. The van der Waals surface area contributed by atoms with E-state index in [1.54, 1.807) is 0 Å². The molecule has 3 aliphatic rings. The number of benzene rings is 2. The molecule has 2 aromatic rings. The molecule has 3 fully saturated rings. The summed E-state index contributed by atoms with van der Waals surface area (Å²) in [6.07, 6.45) is 6.08. The molecule has 2 heterocycles. The van der Waals surface area contributed by atoms with Crippen LogP contribution in [-0.4, -0.2) is 53.7 Å². The van der Waals surface area contributed by atoms with E-state index in [-0.39, 0.29) is 11.2 Å². The van der Waals surface area contributed by atoms with E-state index < -0.39 is 0 Å². The van der Waals surface area contributed by atoms with E-state index in [4.69, 9.17) is 4.74 Å². The summed E-state index contributed by atoms with van der Waals surface area (Å²) in [5.41, 5.74) is 3.04. The van der Waals surface area contributed by atoms with Crippen molar-refractivity contribution in [3.05, 3.63) is 71.8 Å². The molecule has 148 valence electrons. The van der Waals surface area contributed by atoms with Gasteiger partial charge in [-0.3, -0.25) is 4.90 Å². The Morgan fingerprint density at radius 2 is 1.36 bits per heavy atom. The van der Waals surface area contributed by atoms with Crippen LogP contribution in [0.3, 0.4) is 0 Å². The van der Waals surface area contributed by atoms with E-state index in [1.807, 2.05) is 0 Å². The second kappa shape index (κ2) is 7.62. The van der Waals surface area contributed by atoms with Crippen LogP contribution in [-0.2, 0) is 17.7 Å². The van der Waals surface area contributed by atoms with Gasteiger partial charge < -0.3 is 9.64 Å². The fourth-order valence-electron chi connectivity index (χ4n) is 5.27. The number of hydrogen-bond acceptors (Lipinski definition) is 3. The van der Waals surface area contributed by atoms with Crippen molar-refractivity contribution < 1.29 is 4.74 Å². The average molecular weight is 377 g/mol. The van der Waals surface area contributed by atoms with Crippen LogP contribution in [0.2, 0.25) is 0 Å². The van der Waals surface area contributed by atoms with Crippen molar-refractivity contribution in [2.45, 2.75) is 49.9 Å². The van der Waals surface area contributed by atoms with Crippen molar-refractivity contribution in [3.8, 4) is 0 Å². The smallest absolute Gasteiger partial charge is 0.0943 e. The topological polar surface area (TPSA) is 15.7 Å². The largest absolute Gasteiger partial charge is 0.365 e. The lowest BCUT2D eigenvalue weighted by atomic mass is 9.89. The summed E-state index contributed by atoms with van der Waals surface area (Å²) in [4.78, 5) is 5.32. The molecular weight excluding hydrogens is 344 g/mol. The summed E-state index contributed by atoms with van der Waals surface area (Å²) in [6, 6.07) is 21.8. The Balaban J connectivity index is 1.26. The first-order chi connectivity index (χ1) is 13.7. The Bertz CT molecular complexity index is 774. The molecular formula is C25H32N2O. The first-order valence-electron chi connectivity index (χ1n) is 11.0. The van der Waals surface area contributed by atoms with Gasteiger partial charge in [0.1, 0.15) is 0 Å². The summed E-state index contributed by atoms with van der Waals surface area (Å²) in [7, 11) is 0. The highest BCUT2D eigenvalue weighted by molar-refractivity contribution is 5.17. The summed E-state index contributed by atoms with van der Waals surface area (Å²) >= 11 is 0. The molecule has 0 amide bonds. The molecule has 2 spiro atoms. The standard InChI is InChI=1S/C25H32N2O/c1-3-8-22(9-4-1)12-17-26-16-7-13-25(20-26)21-27(19-24(28-25)14-15-24)18-23-10-5-2-6-11-23/h1-6,8-11H,7,12-21H2. The van der Waals surface area contributed by atoms with Crippen molar-refractivity contribution in [3.63, 3.8) is 0 Å². The van der Waals surface area contributed by atoms with Crippen LogP contribution >= 0.6 is 0 Å². The van der Waals surface area contributed by atoms with Gasteiger partial charge in [0.15, 0.2) is 0 Å². The Morgan fingerprint density at radius 1 is 0.714 bits per heavy atom. The van der Waals surface area contributed by atoms with E-state index in [9.17, 15) is 0 Å². The summed E-state index contributed by atoms with van der Waals surface area (Å²) in [5.74, 6) is 0. The molecule has 2 saturated heterocycles. The molecule has 1 atom stereocenters. The molecule has 1 unspecified atom stereocenters. The van der Waals surface area contributed by atoms with Crippen LogP contribution in [0.4, 0.5) is 0 Å². The molecule has 0 bridgehead atoms. The van der Waals surface area contributed by atoms with Gasteiger partial charge in [0.2, 0.25) is 0 Å². The highest BCUT2D eigenvalue weighted by atomic mass is 16.5. The van der Waals surface area contributed by atoms with E-state index in [0.29, 0.717) is 0 Å². The Labute approximate surface area is 169 Å². The zero-order valence-electron chi connectivity index (χ0n) is 16.9. The van der Waals surface area contributed by atoms with Crippen LogP contribution in [0, 0.1) is 0 Å².